The minimum Gasteiger partial charge on any atom is -0.325 e. The van der Waals surface area contributed by atoms with Crippen molar-refractivity contribution in [1.29, 1.82) is 0 Å². The SMILES string of the molecule is Cc1ccc(CNCCC(=O)Nc2cc(Cl)ccc2Cl)cc1. The largest absolute Gasteiger partial charge is 0.325 e. The standard InChI is InChI=1S/C17H18Cl2N2O/c1-12-2-4-13(5-3-12)11-20-9-8-17(22)21-16-10-14(18)6-7-15(16)19/h2-7,10,20H,8-9,11H2,1H3,(H,21,22). The van der Waals surface area contributed by atoms with Crippen molar-refractivity contribution in [2.45, 2.75) is 19.9 Å². The van der Waals surface area contributed by atoms with Crippen molar-refractivity contribution in [3.8, 4) is 0 Å². The van der Waals surface area contributed by atoms with E-state index >= 15 is 0 Å². The molecule has 2 rings (SSSR count). The molecule has 0 heterocycles. The van der Waals surface area contributed by atoms with E-state index < -0.39 is 0 Å². The molecule has 0 aliphatic rings. The van der Waals surface area contributed by atoms with Gasteiger partial charge in [0, 0.05) is 24.5 Å². The molecular formula is C17H18Cl2N2O. The number of anilines is 1. The van der Waals surface area contributed by atoms with Gasteiger partial charge < -0.3 is 10.6 Å². The molecular weight excluding hydrogens is 319 g/mol. The molecule has 3 nitrogen and oxygen atoms in total. The zero-order chi connectivity index (χ0) is 15.9. The highest BCUT2D eigenvalue weighted by Gasteiger charge is 2.06. The molecule has 0 aliphatic carbocycles. The summed E-state index contributed by atoms with van der Waals surface area (Å²) in [7, 11) is 0. The Morgan fingerprint density at radius 2 is 1.82 bits per heavy atom. The van der Waals surface area contributed by atoms with Gasteiger partial charge in [-0.1, -0.05) is 53.0 Å². The van der Waals surface area contributed by atoms with Gasteiger partial charge in [0.25, 0.3) is 0 Å². The first-order valence-corrected chi connectivity index (χ1v) is 7.81. The topological polar surface area (TPSA) is 41.1 Å². The molecule has 0 aliphatic heterocycles. The number of rotatable bonds is 6. The third kappa shape index (κ3) is 5.34. The number of nitrogens with one attached hydrogen (secondary N) is 2. The Kier molecular flexibility index (Phi) is 6.25. The van der Waals surface area contributed by atoms with Crippen LogP contribution in [0.4, 0.5) is 5.69 Å². The molecule has 2 N–H and O–H groups in total. The van der Waals surface area contributed by atoms with Crippen LogP contribution in [0.25, 0.3) is 0 Å². The molecule has 22 heavy (non-hydrogen) atoms. The van der Waals surface area contributed by atoms with Gasteiger partial charge in [-0.2, -0.15) is 0 Å². The second-order valence-corrected chi connectivity index (χ2v) is 5.93. The normalized spacial score (nSPS) is 10.5. The number of carbonyl (C=O) groups is 1. The van der Waals surface area contributed by atoms with Crippen LogP contribution in [0.5, 0.6) is 0 Å². The van der Waals surface area contributed by atoms with E-state index in [1.54, 1.807) is 18.2 Å². The molecule has 5 heteroatoms. The minimum absolute atomic E-state index is 0.0967. The predicted molar refractivity (Wildman–Crippen MR) is 92.6 cm³/mol. The second kappa shape index (κ2) is 8.18. The number of carbonyl (C=O) groups excluding carboxylic acids is 1. The minimum atomic E-state index is -0.0967. The molecule has 0 atom stereocenters. The highest BCUT2D eigenvalue weighted by atomic mass is 35.5. The average Bonchev–Trinajstić information content (AvgIpc) is 2.49. The summed E-state index contributed by atoms with van der Waals surface area (Å²) in [4.78, 5) is 11.9. The first kappa shape index (κ1) is 16.8. The number of hydrogen-bond acceptors (Lipinski definition) is 2. The molecule has 2 aromatic rings. The Hall–Kier alpha value is -1.55. The first-order chi connectivity index (χ1) is 10.5. The van der Waals surface area contributed by atoms with Gasteiger partial charge in [-0.15, -0.1) is 0 Å². The van der Waals surface area contributed by atoms with Crippen molar-refractivity contribution < 1.29 is 4.79 Å². The summed E-state index contributed by atoms with van der Waals surface area (Å²) in [5, 5.41) is 7.02. The molecule has 0 fully saturated rings. The molecule has 0 spiro atoms. The summed E-state index contributed by atoms with van der Waals surface area (Å²) in [6, 6.07) is 13.3. The number of amides is 1. The van der Waals surface area contributed by atoms with Gasteiger partial charge in [0.2, 0.25) is 5.91 Å². The van der Waals surface area contributed by atoms with Crippen LogP contribution in [-0.2, 0) is 11.3 Å². The van der Waals surface area contributed by atoms with Crippen molar-refractivity contribution in [3.63, 3.8) is 0 Å². The summed E-state index contributed by atoms with van der Waals surface area (Å²) in [6.45, 7) is 3.39. The van der Waals surface area contributed by atoms with Crippen LogP contribution in [0.1, 0.15) is 17.5 Å². The molecule has 0 saturated heterocycles. The lowest BCUT2D eigenvalue weighted by Gasteiger charge is -2.08. The number of hydrogen-bond donors (Lipinski definition) is 2. The van der Waals surface area contributed by atoms with Crippen LogP contribution >= 0.6 is 23.2 Å². The fourth-order valence-electron chi connectivity index (χ4n) is 1.95. The Bertz CT molecular complexity index is 642. The molecule has 0 unspecified atom stereocenters. The van der Waals surface area contributed by atoms with Crippen LogP contribution in [-0.4, -0.2) is 12.5 Å². The molecule has 0 bridgehead atoms. The third-order valence-electron chi connectivity index (χ3n) is 3.18. The molecule has 116 valence electrons. The summed E-state index contributed by atoms with van der Waals surface area (Å²) in [5.41, 5.74) is 2.98. The highest BCUT2D eigenvalue weighted by molar-refractivity contribution is 6.35. The Labute approximate surface area is 140 Å². The average molecular weight is 337 g/mol. The second-order valence-electron chi connectivity index (χ2n) is 5.08. The van der Waals surface area contributed by atoms with Crippen LogP contribution < -0.4 is 10.6 Å². The van der Waals surface area contributed by atoms with Crippen molar-refractivity contribution in [1.82, 2.24) is 5.32 Å². The number of benzene rings is 2. The van der Waals surface area contributed by atoms with E-state index in [4.69, 9.17) is 23.2 Å². The summed E-state index contributed by atoms with van der Waals surface area (Å²) < 4.78 is 0. The Morgan fingerprint density at radius 3 is 2.55 bits per heavy atom. The van der Waals surface area contributed by atoms with E-state index in [0.717, 1.165) is 6.54 Å². The number of halogens is 2. The molecule has 2 aromatic carbocycles. The van der Waals surface area contributed by atoms with Crippen molar-refractivity contribution in [2.75, 3.05) is 11.9 Å². The van der Waals surface area contributed by atoms with Crippen molar-refractivity contribution in [3.05, 3.63) is 63.6 Å². The fourth-order valence-corrected chi connectivity index (χ4v) is 2.28. The van der Waals surface area contributed by atoms with Crippen LogP contribution in [0.3, 0.4) is 0 Å². The lowest BCUT2D eigenvalue weighted by atomic mass is 10.1. The van der Waals surface area contributed by atoms with E-state index in [1.165, 1.54) is 11.1 Å². The van der Waals surface area contributed by atoms with Crippen LogP contribution in [0.2, 0.25) is 10.0 Å². The monoisotopic (exact) mass is 336 g/mol. The smallest absolute Gasteiger partial charge is 0.225 e. The zero-order valence-corrected chi connectivity index (χ0v) is 13.8. The maximum atomic E-state index is 11.9. The van der Waals surface area contributed by atoms with Gasteiger partial charge in [-0.25, -0.2) is 0 Å². The van der Waals surface area contributed by atoms with Gasteiger partial charge in [0.05, 0.1) is 10.7 Å². The van der Waals surface area contributed by atoms with E-state index in [2.05, 4.69) is 41.8 Å². The first-order valence-electron chi connectivity index (χ1n) is 7.06. The zero-order valence-electron chi connectivity index (χ0n) is 12.3. The number of aryl methyl sites for hydroxylation is 1. The summed E-state index contributed by atoms with van der Waals surface area (Å²) in [6.07, 6.45) is 0.370. The maximum Gasteiger partial charge on any atom is 0.225 e. The van der Waals surface area contributed by atoms with E-state index in [0.29, 0.717) is 28.7 Å². The van der Waals surface area contributed by atoms with Gasteiger partial charge in [-0.3, -0.25) is 4.79 Å². The maximum absolute atomic E-state index is 11.9. The van der Waals surface area contributed by atoms with Crippen LogP contribution in [0.15, 0.2) is 42.5 Å². The molecule has 0 radical (unpaired) electrons. The van der Waals surface area contributed by atoms with E-state index in [-0.39, 0.29) is 5.91 Å². The third-order valence-corrected chi connectivity index (χ3v) is 3.75. The van der Waals surface area contributed by atoms with Crippen LogP contribution in [0, 0.1) is 6.92 Å². The van der Waals surface area contributed by atoms with Gasteiger partial charge >= 0.3 is 0 Å². The lowest BCUT2D eigenvalue weighted by Crippen LogP contribution is -2.21. The lowest BCUT2D eigenvalue weighted by molar-refractivity contribution is -0.116. The summed E-state index contributed by atoms with van der Waals surface area (Å²) >= 11 is 11.9. The van der Waals surface area contributed by atoms with Gasteiger partial charge in [-0.05, 0) is 30.7 Å². The van der Waals surface area contributed by atoms with Crippen molar-refractivity contribution >= 4 is 34.8 Å². The Balaban J connectivity index is 1.74. The molecule has 0 saturated carbocycles. The highest BCUT2D eigenvalue weighted by Crippen LogP contribution is 2.25. The van der Waals surface area contributed by atoms with Crippen molar-refractivity contribution in [2.24, 2.45) is 0 Å². The van der Waals surface area contributed by atoms with Gasteiger partial charge in [0.15, 0.2) is 0 Å². The van der Waals surface area contributed by atoms with E-state index in [9.17, 15) is 4.79 Å². The Morgan fingerprint density at radius 1 is 1.09 bits per heavy atom. The van der Waals surface area contributed by atoms with Gasteiger partial charge in [0.1, 0.15) is 0 Å². The summed E-state index contributed by atoms with van der Waals surface area (Å²) in [5.74, 6) is -0.0967. The molecule has 0 aromatic heterocycles. The predicted octanol–water partition coefficient (Wildman–Crippen LogP) is 4.42. The quantitative estimate of drug-likeness (QED) is 0.766. The fraction of sp³-hybridized carbons (Fsp3) is 0.235. The molecule has 1 amide bonds. The van der Waals surface area contributed by atoms with E-state index in [1.807, 2.05) is 0 Å².